The topological polar surface area (TPSA) is 122 Å². The van der Waals surface area contributed by atoms with Gasteiger partial charge in [-0.05, 0) is 48.5 Å². The van der Waals surface area contributed by atoms with E-state index in [1.807, 2.05) is 0 Å². The summed E-state index contributed by atoms with van der Waals surface area (Å²) in [7, 11) is -4.55. The number of nitrogens with one attached hydrogen (secondary N) is 1. The first-order chi connectivity index (χ1) is 17.6. The number of ether oxygens (including phenoxy) is 2. The van der Waals surface area contributed by atoms with Crippen molar-refractivity contribution in [2.75, 3.05) is 38.1 Å². The second-order valence-electron chi connectivity index (χ2n) is 8.32. The average molecular weight is 546 g/mol. The third-order valence-electron chi connectivity index (χ3n) is 5.63. The summed E-state index contributed by atoms with van der Waals surface area (Å²) >= 11 is 0. The summed E-state index contributed by atoms with van der Waals surface area (Å²) in [6.07, 6.45) is -1.07. The predicted molar refractivity (Wildman–Crippen MR) is 138 cm³/mol. The van der Waals surface area contributed by atoms with Crippen molar-refractivity contribution < 1.29 is 31.1 Å². The molecule has 37 heavy (non-hydrogen) atoms. The van der Waals surface area contributed by atoms with Gasteiger partial charge in [-0.3, -0.25) is 9.10 Å². The van der Waals surface area contributed by atoms with Crippen LogP contribution in [-0.2, 0) is 24.8 Å². The van der Waals surface area contributed by atoms with Crippen molar-refractivity contribution in [2.24, 2.45) is 0 Å². The highest BCUT2D eigenvalue weighted by molar-refractivity contribution is 7.92. The first-order valence-corrected chi connectivity index (χ1v) is 14.3. The molecule has 1 atom stereocenters. The molecular weight excluding hydrogens is 518 g/mol. The molecule has 0 saturated carbocycles. The Labute approximate surface area is 216 Å². The van der Waals surface area contributed by atoms with Crippen molar-refractivity contribution >= 4 is 31.6 Å². The average Bonchev–Trinajstić information content (AvgIpc) is 2.91. The van der Waals surface area contributed by atoms with Crippen LogP contribution in [0.5, 0.6) is 11.5 Å². The van der Waals surface area contributed by atoms with E-state index in [0.717, 1.165) is 4.31 Å². The Kier molecular flexibility index (Phi) is 7.71. The zero-order valence-corrected chi connectivity index (χ0v) is 21.9. The molecule has 0 radical (unpaired) electrons. The van der Waals surface area contributed by atoms with Gasteiger partial charge in [0.05, 0.1) is 28.6 Å². The molecule has 0 fully saturated rings. The van der Waals surface area contributed by atoms with Crippen LogP contribution < -0.4 is 19.1 Å². The van der Waals surface area contributed by atoms with Crippen LogP contribution in [0.2, 0.25) is 0 Å². The Morgan fingerprint density at radius 2 is 1.59 bits per heavy atom. The van der Waals surface area contributed by atoms with Crippen LogP contribution in [0.3, 0.4) is 0 Å². The van der Waals surface area contributed by atoms with E-state index in [1.165, 1.54) is 54.8 Å². The van der Waals surface area contributed by atoms with Crippen LogP contribution in [0.4, 0.5) is 5.69 Å². The minimum atomic E-state index is -3.92. The van der Waals surface area contributed by atoms with Crippen molar-refractivity contribution in [3.63, 3.8) is 0 Å². The largest absolute Gasteiger partial charge is 0.492 e. The van der Waals surface area contributed by atoms with E-state index in [1.54, 1.807) is 42.5 Å². The number of nitrogens with zero attached hydrogens (tertiary/aromatic N) is 2. The highest BCUT2D eigenvalue weighted by Gasteiger charge is 2.37. The first-order valence-electron chi connectivity index (χ1n) is 11.4. The molecule has 4 rings (SSSR count). The molecule has 1 aliphatic heterocycles. The van der Waals surface area contributed by atoms with E-state index in [0.29, 0.717) is 11.4 Å². The maximum Gasteiger partial charge on any atom is 0.264 e. The number of sulfonamides is 2. The maximum atomic E-state index is 13.3. The van der Waals surface area contributed by atoms with Crippen LogP contribution in [-0.4, -0.2) is 66.9 Å². The number of amides is 1. The second kappa shape index (κ2) is 10.8. The van der Waals surface area contributed by atoms with Gasteiger partial charge in [-0.1, -0.05) is 30.3 Å². The lowest BCUT2D eigenvalue weighted by molar-refractivity contribution is -0.127. The number of hydrogen-bond acceptors (Lipinski definition) is 7. The van der Waals surface area contributed by atoms with Gasteiger partial charge in [0.15, 0.2) is 6.10 Å². The number of hydrogen-bond donors (Lipinski definition) is 1. The van der Waals surface area contributed by atoms with Crippen LogP contribution in [0, 0.1) is 0 Å². The standard InChI is InChI=1S/C25H27N3O7S2/c1-27(2)36(30,31)21-14-12-19(13-15-21)34-17-16-26-25(29)24-18-28(22-10-6-7-11-23(22)35-24)37(32,33)20-8-4-3-5-9-20/h3-15,24H,16-18H2,1-2H3,(H,26,29)/t24-/m0/s1. The molecule has 1 heterocycles. The van der Waals surface area contributed by atoms with Crippen molar-refractivity contribution in [1.82, 2.24) is 9.62 Å². The third kappa shape index (κ3) is 5.71. The van der Waals surface area contributed by atoms with Crippen LogP contribution in [0.15, 0.2) is 88.7 Å². The Morgan fingerprint density at radius 3 is 2.27 bits per heavy atom. The van der Waals surface area contributed by atoms with E-state index in [4.69, 9.17) is 9.47 Å². The number of benzene rings is 3. The summed E-state index contributed by atoms with van der Waals surface area (Å²) in [5.41, 5.74) is 0.360. The Balaban J connectivity index is 1.38. The monoisotopic (exact) mass is 545 g/mol. The fraction of sp³-hybridized carbons (Fsp3) is 0.240. The summed E-state index contributed by atoms with van der Waals surface area (Å²) < 4.78 is 64.7. The highest BCUT2D eigenvalue weighted by Crippen LogP contribution is 2.36. The molecule has 0 bridgehead atoms. The van der Waals surface area contributed by atoms with Crippen LogP contribution >= 0.6 is 0 Å². The minimum Gasteiger partial charge on any atom is -0.492 e. The van der Waals surface area contributed by atoms with Gasteiger partial charge in [0.1, 0.15) is 18.1 Å². The Hall–Kier alpha value is -3.61. The normalized spacial score (nSPS) is 15.5. The summed E-state index contributed by atoms with van der Waals surface area (Å²) in [5, 5.41) is 2.70. The van der Waals surface area contributed by atoms with E-state index in [9.17, 15) is 21.6 Å². The molecule has 10 nitrogen and oxygen atoms in total. The molecule has 0 unspecified atom stereocenters. The van der Waals surface area contributed by atoms with Crippen molar-refractivity contribution in [1.29, 1.82) is 0 Å². The molecule has 196 valence electrons. The molecule has 0 aromatic heterocycles. The number of carbonyl (C=O) groups excluding carboxylic acids is 1. The lowest BCUT2D eigenvalue weighted by Gasteiger charge is -2.34. The van der Waals surface area contributed by atoms with Gasteiger partial charge in [0, 0.05) is 14.1 Å². The molecular formula is C25H27N3O7S2. The lowest BCUT2D eigenvalue weighted by Crippen LogP contribution is -2.51. The van der Waals surface area contributed by atoms with Gasteiger partial charge in [0.25, 0.3) is 15.9 Å². The highest BCUT2D eigenvalue weighted by atomic mass is 32.2. The number of fused-ring (bicyclic) bond motifs is 1. The van der Waals surface area contributed by atoms with Gasteiger partial charge in [-0.25, -0.2) is 21.1 Å². The molecule has 12 heteroatoms. The van der Waals surface area contributed by atoms with Crippen molar-refractivity contribution in [3.05, 3.63) is 78.9 Å². The van der Waals surface area contributed by atoms with Gasteiger partial charge in [-0.15, -0.1) is 0 Å². The zero-order chi connectivity index (χ0) is 26.6. The first kappa shape index (κ1) is 26.5. The van der Waals surface area contributed by atoms with E-state index in [-0.39, 0.29) is 35.2 Å². The van der Waals surface area contributed by atoms with Crippen molar-refractivity contribution in [3.8, 4) is 11.5 Å². The smallest absolute Gasteiger partial charge is 0.264 e. The zero-order valence-electron chi connectivity index (χ0n) is 20.3. The fourth-order valence-corrected chi connectivity index (χ4v) is 6.06. The molecule has 3 aromatic rings. The lowest BCUT2D eigenvalue weighted by atomic mass is 10.2. The second-order valence-corrected chi connectivity index (χ2v) is 12.3. The molecule has 0 saturated heterocycles. The van der Waals surface area contributed by atoms with E-state index in [2.05, 4.69) is 5.32 Å². The molecule has 3 aromatic carbocycles. The van der Waals surface area contributed by atoms with Crippen molar-refractivity contribution in [2.45, 2.75) is 15.9 Å². The molecule has 1 amide bonds. The van der Waals surface area contributed by atoms with Gasteiger partial charge in [-0.2, -0.15) is 0 Å². The molecule has 0 spiro atoms. The molecule has 0 aliphatic carbocycles. The molecule has 1 N–H and O–H groups in total. The van der Waals surface area contributed by atoms with Crippen LogP contribution in [0.25, 0.3) is 0 Å². The SMILES string of the molecule is CN(C)S(=O)(=O)c1ccc(OCCNC(=O)[C@@H]2CN(S(=O)(=O)c3ccccc3)c3ccccc3O2)cc1. The van der Waals surface area contributed by atoms with Crippen LogP contribution in [0.1, 0.15) is 0 Å². The summed E-state index contributed by atoms with van der Waals surface area (Å²) in [6.45, 7) is 0.0487. The Bertz CT molecular complexity index is 1460. The third-order valence-corrected chi connectivity index (χ3v) is 9.25. The maximum absolute atomic E-state index is 13.3. The van der Waals surface area contributed by atoms with E-state index >= 15 is 0 Å². The predicted octanol–water partition coefficient (Wildman–Crippen LogP) is 2.09. The number of para-hydroxylation sites is 2. The van der Waals surface area contributed by atoms with Gasteiger partial charge in [0.2, 0.25) is 10.0 Å². The number of carbonyl (C=O) groups is 1. The summed E-state index contributed by atoms with van der Waals surface area (Å²) in [5.74, 6) is 0.242. The summed E-state index contributed by atoms with van der Waals surface area (Å²) in [4.78, 5) is 13.1. The van der Waals surface area contributed by atoms with Gasteiger partial charge < -0.3 is 14.8 Å². The Morgan fingerprint density at radius 1 is 0.946 bits per heavy atom. The summed E-state index contributed by atoms with van der Waals surface area (Å²) in [6, 6.07) is 20.6. The minimum absolute atomic E-state index is 0.112. The van der Waals surface area contributed by atoms with Gasteiger partial charge >= 0.3 is 0 Å². The fourth-order valence-electron chi connectivity index (χ4n) is 3.66. The molecule has 1 aliphatic rings. The number of anilines is 1. The quantitative estimate of drug-likeness (QED) is 0.409. The van der Waals surface area contributed by atoms with E-state index < -0.39 is 32.1 Å². The number of rotatable bonds is 9.